The molecule has 8 heteroatoms. The molecule has 1 amide bonds. The summed E-state index contributed by atoms with van der Waals surface area (Å²) >= 11 is 5.92. The molecule has 3 rings (SSSR count). The second kappa shape index (κ2) is 9.05. The average molecular weight is 422 g/mol. The van der Waals surface area contributed by atoms with E-state index in [9.17, 15) is 13.2 Å². The molecule has 0 saturated carbocycles. The minimum atomic E-state index is -3.40. The number of benzene rings is 2. The number of carbonyl (C=O) groups is 1. The lowest BCUT2D eigenvalue weighted by Gasteiger charge is -2.34. The first-order valence-corrected chi connectivity index (χ1v) is 11.4. The minimum absolute atomic E-state index is 0.135. The Hall–Kier alpha value is -1.93. The molecule has 150 valence electrons. The van der Waals surface area contributed by atoms with Crippen LogP contribution in [-0.4, -0.2) is 63.1 Å². The monoisotopic (exact) mass is 421 g/mol. The number of nitrogens with one attached hydrogen (secondary N) is 1. The van der Waals surface area contributed by atoms with Crippen molar-refractivity contribution >= 4 is 33.0 Å². The van der Waals surface area contributed by atoms with Gasteiger partial charge in [-0.2, -0.15) is 0 Å². The van der Waals surface area contributed by atoms with E-state index in [0.717, 1.165) is 44.0 Å². The molecule has 1 heterocycles. The zero-order chi connectivity index (χ0) is 20.1. The Labute approximate surface area is 171 Å². The van der Waals surface area contributed by atoms with Crippen LogP contribution >= 0.6 is 11.6 Å². The van der Waals surface area contributed by atoms with Gasteiger partial charge in [-0.25, -0.2) is 8.42 Å². The largest absolute Gasteiger partial charge is 0.324 e. The normalized spacial score (nSPS) is 16.1. The van der Waals surface area contributed by atoms with Crippen LogP contribution in [0.1, 0.15) is 5.56 Å². The summed E-state index contributed by atoms with van der Waals surface area (Å²) in [6.07, 6.45) is 1.14. The third kappa shape index (κ3) is 5.78. The zero-order valence-corrected chi connectivity index (χ0v) is 17.3. The number of anilines is 1. The lowest BCUT2D eigenvalue weighted by molar-refractivity contribution is -0.117. The van der Waals surface area contributed by atoms with Gasteiger partial charge in [-0.15, -0.1) is 0 Å². The van der Waals surface area contributed by atoms with Gasteiger partial charge in [0.25, 0.3) is 0 Å². The van der Waals surface area contributed by atoms with Crippen LogP contribution in [0.2, 0.25) is 5.02 Å². The van der Waals surface area contributed by atoms with E-state index in [1.165, 1.54) is 11.6 Å². The van der Waals surface area contributed by atoms with Gasteiger partial charge in [0, 0.05) is 44.0 Å². The van der Waals surface area contributed by atoms with E-state index in [0.29, 0.717) is 5.69 Å². The third-order valence-corrected chi connectivity index (χ3v) is 6.12. The molecule has 0 aromatic heterocycles. The highest BCUT2D eigenvalue weighted by Crippen LogP contribution is 2.20. The van der Waals surface area contributed by atoms with Gasteiger partial charge in [0.1, 0.15) is 0 Å². The first kappa shape index (κ1) is 20.8. The second-order valence-electron chi connectivity index (χ2n) is 7.00. The molecular formula is C20H24ClN3O3S. The van der Waals surface area contributed by atoms with Crippen molar-refractivity contribution in [3.05, 3.63) is 59.1 Å². The second-order valence-corrected chi connectivity index (χ2v) is 9.42. The average Bonchev–Trinajstić information content (AvgIpc) is 2.65. The smallest absolute Gasteiger partial charge is 0.238 e. The van der Waals surface area contributed by atoms with Gasteiger partial charge >= 0.3 is 0 Å². The van der Waals surface area contributed by atoms with Crippen LogP contribution < -0.4 is 5.32 Å². The Bertz CT molecular complexity index is 924. The van der Waals surface area contributed by atoms with Crippen molar-refractivity contribution in [2.45, 2.75) is 11.4 Å². The third-order valence-electron chi connectivity index (χ3n) is 4.71. The van der Waals surface area contributed by atoms with Crippen molar-refractivity contribution in [1.29, 1.82) is 0 Å². The molecule has 0 bridgehead atoms. The van der Waals surface area contributed by atoms with Gasteiger partial charge < -0.3 is 5.32 Å². The van der Waals surface area contributed by atoms with Crippen LogP contribution in [0.15, 0.2) is 53.4 Å². The molecule has 0 unspecified atom stereocenters. The van der Waals surface area contributed by atoms with E-state index in [1.807, 2.05) is 24.3 Å². The molecule has 1 fully saturated rings. The molecule has 0 atom stereocenters. The molecule has 2 aromatic rings. The Kier molecular flexibility index (Phi) is 6.72. The van der Waals surface area contributed by atoms with Gasteiger partial charge in [-0.3, -0.25) is 14.6 Å². The van der Waals surface area contributed by atoms with Crippen LogP contribution in [0.25, 0.3) is 0 Å². The standard InChI is InChI=1S/C20H24ClN3O3S/c1-28(26,27)19-5-3-2-4-18(19)22-20(25)15-24-12-10-23(11-13-24)14-16-6-8-17(21)9-7-16/h2-9H,10-15H2,1H3,(H,22,25). The number of amides is 1. The van der Waals surface area contributed by atoms with Crippen LogP contribution in [-0.2, 0) is 21.2 Å². The van der Waals surface area contributed by atoms with Crippen molar-refractivity contribution in [3.63, 3.8) is 0 Å². The van der Waals surface area contributed by atoms with Crippen molar-refractivity contribution in [2.24, 2.45) is 0 Å². The van der Waals surface area contributed by atoms with Crippen LogP contribution in [0, 0.1) is 0 Å². The maximum absolute atomic E-state index is 12.4. The van der Waals surface area contributed by atoms with Crippen molar-refractivity contribution < 1.29 is 13.2 Å². The molecule has 1 aliphatic heterocycles. The van der Waals surface area contributed by atoms with E-state index < -0.39 is 9.84 Å². The summed E-state index contributed by atoms with van der Waals surface area (Å²) < 4.78 is 23.7. The van der Waals surface area contributed by atoms with Crippen LogP contribution in [0.5, 0.6) is 0 Å². The first-order valence-electron chi connectivity index (χ1n) is 9.09. The van der Waals surface area contributed by atoms with E-state index in [2.05, 4.69) is 15.1 Å². The van der Waals surface area contributed by atoms with Crippen LogP contribution in [0.3, 0.4) is 0 Å². The molecule has 28 heavy (non-hydrogen) atoms. The Morgan fingerprint density at radius 3 is 2.25 bits per heavy atom. The van der Waals surface area contributed by atoms with Crippen LogP contribution in [0.4, 0.5) is 5.69 Å². The maximum atomic E-state index is 12.4. The lowest BCUT2D eigenvalue weighted by atomic mass is 10.2. The molecule has 6 nitrogen and oxygen atoms in total. The summed E-state index contributed by atoms with van der Waals surface area (Å²) in [5.41, 5.74) is 1.55. The van der Waals surface area contributed by atoms with Crippen molar-refractivity contribution in [3.8, 4) is 0 Å². The van der Waals surface area contributed by atoms with E-state index in [4.69, 9.17) is 11.6 Å². The van der Waals surface area contributed by atoms with Crippen molar-refractivity contribution in [1.82, 2.24) is 9.80 Å². The SMILES string of the molecule is CS(=O)(=O)c1ccccc1NC(=O)CN1CCN(Cc2ccc(Cl)cc2)CC1. The molecule has 0 radical (unpaired) electrons. The lowest BCUT2D eigenvalue weighted by Crippen LogP contribution is -2.48. The number of hydrogen-bond acceptors (Lipinski definition) is 5. The molecule has 1 aliphatic rings. The van der Waals surface area contributed by atoms with Gasteiger partial charge in [-0.1, -0.05) is 35.9 Å². The maximum Gasteiger partial charge on any atom is 0.238 e. The van der Waals surface area contributed by atoms with Gasteiger partial charge in [0.2, 0.25) is 5.91 Å². The summed E-state index contributed by atoms with van der Waals surface area (Å²) in [7, 11) is -3.40. The topological polar surface area (TPSA) is 69.7 Å². The quantitative estimate of drug-likeness (QED) is 0.776. The molecular weight excluding hydrogens is 398 g/mol. The zero-order valence-electron chi connectivity index (χ0n) is 15.8. The Balaban J connectivity index is 1.50. The number of nitrogens with zero attached hydrogens (tertiary/aromatic N) is 2. The van der Waals surface area contributed by atoms with Gasteiger partial charge in [0.15, 0.2) is 9.84 Å². The van der Waals surface area contributed by atoms with Crippen molar-refractivity contribution in [2.75, 3.05) is 44.3 Å². The highest BCUT2D eigenvalue weighted by atomic mass is 35.5. The highest BCUT2D eigenvalue weighted by Gasteiger charge is 2.20. The number of halogens is 1. The summed E-state index contributed by atoms with van der Waals surface area (Å²) in [5.74, 6) is -0.206. The predicted octanol–water partition coefficient (Wildman–Crippen LogP) is 2.50. The Morgan fingerprint density at radius 2 is 1.61 bits per heavy atom. The molecule has 2 aromatic carbocycles. The van der Waals surface area contributed by atoms with Gasteiger partial charge in [-0.05, 0) is 29.8 Å². The fraction of sp³-hybridized carbons (Fsp3) is 0.350. The molecule has 1 saturated heterocycles. The summed E-state index contributed by atoms with van der Waals surface area (Å²) in [6.45, 7) is 4.42. The number of piperazine rings is 1. The number of sulfone groups is 1. The fourth-order valence-corrected chi connectivity index (χ4v) is 4.21. The summed E-state index contributed by atoms with van der Waals surface area (Å²) in [5, 5.41) is 3.47. The molecule has 1 N–H and O–H groups in total. The first-order chi connectivity index (χ1) is 13.3. The van der Waals surface area contributed by atoms with E-state index in [-0.39, 0.29) is 17.3 Å². The summed E-state index contributed by atoms with van der Waals surface area (Å²) in [4.78, 5) is 16.9. The van der Waals surface area contributed by atoms with E-state index >= 15 is 0 Å². The predicted molar refractivity (Wildman–Crippen MR) is 111 cm³/mol. The number of para-hydroxylation sites is 1. The number of hydrogen-bond donors (Lipinski definition) is 1. The molecule has 0 spiro atoms. The van der Waals surface area contributed by atoms with E-state index in [1.54, 1.807) is 18.2 Å². The number of carbonyl (C=O) groups excluding carboxylic acids is 1. The fourth-order valence-electron chi connectivity index (χ4n) is 3.24. The van der Waals surface area contributed by atoms with Gasteiger partial charge in [0.05, 0.1) is 17.1 Å². The number of rotatable bonds is 6. The molecule has 0 aliphatic carbocycles. The minimum Gasteiger partial charge on any atom is -0.324 e. The Morgan fingerprint density at radius 1 is 1.00 bits per heavy atom. The highest BCUT2D eigenvalue weighted by molar-refractivity contribution is 7.90. The summed E-state index contributed by atoms with van der Waals surface area (Å²) in [6, 6.07) is 14.3.